The van der Waals surface area contributed by atoms with Crippen LogP contribution in [-0.2, 0) is 22.6 Å². The van der Waals surface area contributed by atoms with Gasteiger partial charge in [0, 0.05) is 13.7 Å². The molecule has 0 radical (unpaired) electrons. The van der Waals surface area contributed by atoms with Crippen LogP contribution in [0.4, 0.5) is 0 Å². The summed E-state index contributed by atoms with van der Waals surface area (Å²) in [6, 6.07) is 8.04. The van der Waals surface area contributed by atoms with Gasteiger partial charge < -0.3 is 15.2 Å². The minimum atomic E-state index is 0.559. The van der Waals surface area contributed by atoms with Crippen molar-refractivity contribution in [3.8, 4) is 0 Å². The Morgan fingerprint density at radius 1 is 1.14 bits per heavy atom. The van der Waals surface area contributed by atoms with E-state index in [1.165, 1.54) is 0 Å². The largest absolute Gasteiger partial charge is 0.382 e. The molecular formula is C11H17NO2. The van der Waals surface area contributed by atoms with E-state index in [1.807, 2.05) is 24.3 Å². The monoisotopic (exact) mass is 195 g/mol. The Labute approximate surface area is 84.8 Å². The first-order chi connectivity index (χ1) is 6.88. The van der Waals surface area contributed by atoms with Gasteiger partial charge in [-0.25, -0.2) is 0 Å². The predicted molar refractivity (Wildman–Crippen MR) is 55.9 cm³/mol. The molecule has 0 atom stereocenters. The van der Waals surface area contributed by atoms with Crippen molar-refractivity contribution in [2.24, 2.45) is 5.73 Å². The van der Waals surface area contributed by atoms with E-state index >= 15 is 0 Å². The Morgan fingerprint density at radius 2 is 1.86 bits per heavy atom. The second-order valence-corrected chi connectivity index (χ2v) is 3.02. The van der Waals surface area contributed by atoms with E-state index in [9.17, 15) is 0 Å². The van der Waals surface area contributed by atoms with Crippen LogP contribution < -0.4 is 5.73 Å². The van der Waals surface area contributed by atoms with Crippen molar-refractivity contribution in [2.45, 2.75) is 13.2 Å². The quantitative estimate of drug-likeness (QED) is 0.696. The Hall–Kier alpha value is -0.900. The van der Waals surface area contributed by atoms with E-state index in [0.717, 1.165) is 11.1 Å². The maximum Gasteiger partial charge on any atom is 0.0721 e. The smallest absolute Gasteiger partial charge is 0.0721 e. The summed E-state index contributed by atoms with van der Waals surface area (Å²) in [5.74, 6) is 0. The first-order valence-corrected chi connectivity index (χ1v) is 4.72. The standard InChI is InChI=1S/C11H17NO2/c1-13-6-7-14-9-11-5-3-2-4-10(11)8-12/h2-5H,6-9,12H2,1H3. The van der Waals surface area contributed by atoms with Crippen LogP contribution in [0.15, 0.2) is 24.3 Å². The Morgan fingerprint density at radius 3 is 2.50 bits per heavy atom. The lowest BCUT2D eigenvalue weighted by Crippen LogP contribution is -2.05. The van der Waals surface area contributed by atoms with Crippen LogP contribution in [0, 0.1) is 0 Å². The van der Waals surface area contributed by atoms with Crippen LogP contribution in [0.25, 0.3) is 0 Å². The fraction of sp³-hybridized carbons (Fsp3) is 0.455. The highest BCUT2D eigenvalue weighted by Crippen LogP contribution is 2.08. The van der Waals surface area contributed by atoms with Gasteiger partial charge in [-0.1, -0.05) is 24.3 Å². The fourth-order valence-corrected chi connectivity index (χ4v) is 1.22. The summed E-state index contributed by atoms with van der Waals surface area (Å²) in [4.78, 5) is 0. The van der Waals surface area contributed by atoms with Crippen molar-refractivity contribution in [1.82, 2.24) is 0 Å². The van der Waals surface area contributed by atoms with Crippen molar-refractivity contribution in [1.29, 1.82) is 0 Å². The highest BCUT2D eigenvalue weighted by molar-refractivity contribution is 5.26. The van der Waals surface area contributed by atoms with Gasteiger partial charge in [0.05, 0.1) is 19.8 Å². The van der Waals surface area contributed by atoms with Gasteiger partial charge in [-0.3, -0.25) is 0 Å². The third-order valence-corrected chi connectivity index (χ3v) is 2.03. The lowest BCUT2D eigenvalue weighted by Gasteiger charge is -2.07. The summed E-state index contributed by atoms with van der Waals surface area (Å²) in [6.07, 6.45) is 0. The normalized spacial score (nSPS) is 10.4. The van der Waals surface area contributed by atoms with Gasteiger partial charge in [-0.15, -0.1) is 0 Å². The van der Waals surface area contributed by atoms with E-state index in [1.54, 1.807) is 7.11 Å². The number of hydrogen-bond acceptors (Lipinski definition) is 3. The predicted octanol–water partition coefficient (Wildman–Crippen LogP) is 1.31. The molecule has 0 saturated carbocycles. The molecule has 0 aliphatic rings. The SMILES string of the molecule is COCCOCc1ccccc1CN. The van der Waals surface area contributed by atoms with Gasteiger partial charge in [0.2, 0.25) is 0 Å². The van der Waals surface area contributed by atoms with Crippen LogP contribution in [0.1, 0.15) is 11.1 Å². The van der Waals surface area contributed by atoms with Crippen molar-refractivity contribution in [3.05, 3.63) is 35.4 Å². The van der Waals surface area contributed by atoms with Crippen molar-refractivity contribution in [2.75, 3.05) is 20.3 Å². The molecule has 0 fully saturated rings. The summed E-state index contributed by atoms with van der Waals surface area (Å²) in [6.45, 7) is 2.42. The van der Waals surface area contributed by atoms with Crippen LogP contribution in [0.3, 0.4) is 0 Å². The molecule has 2 N–H and O–H groups in total. The number of benzene rings is 1. The van der Waals surface area contributed by atoms with Gasteiger partial charge >= 0.3 is 0 Å². The third kappa shape index (κ3) is 3.46. The molecule has 0 unspecified atom stereocenters. The molecule has 0 spiro atoms. The second kappa shape index (κ2) is 6.54. The molecule has 0 aliphatic carbocycles. The number of ether oxygens (including phenoxy) is 2. The molecule has 1 aromatic rings. The van der Waals surface area contributed by atoms with Crippen molar-refractivity contribution >= 4 is 0 Å². The molecule has 0 aromatic heterocycles. The zero-order chi connectivity index (χ0) is 10.2. The molecule has 0 aliphatic heterocycles. The van der Waals surface area contributed by atoms with E-state index < -0.39 is 0 Å². The maximum absolute atomic E-state index is 5.60. The molecular weight excluding hydrogens is 178 g/mol. The topological polar surface area (TPSA) is 44.5 Å². The van der Waals surface area contributed by atoms with Gasteiger partial charge in [0.1, 0.15) is 0 Å². The molecule has 0 saturated heterocycles. The summed E-state index contributed by atoms with van der Waals surface area (Å²) in [5, 5.41) is 0. The first kappa shape index (κ1) is 11.2. The molecule has 0 heterocycles. The second-order valence-electron chi connectivity index (χ2n) is 3.02. The number of nitrogens with two attached hydrogens (primary N) is 1. The van der Waals surface area contributed by atoms with E-state index in [2.05, 4.69) is 0 Å². The van der Waals surface area contributed by atoms with Crippen molar-refractivity contribution < 1.29 is 9.47 Å². The van der Waals surface area contributed by atoms with Crippen LogP contribution in [-0.4, -0.2) is 20.3 Å². The lowest BCUT2D eigenvalue weighted by molar-refractivity contribution is 0.0614. The number of methoxy groups -OCH3 is 1. The fourth-order valence-electron chi connectivity index (χ4n) is 1.22. The molecule has 1 aromatic carbocycles. The zero-order valence-electron chi connectivity index (χ0n) is 8.53. The highest BCUT2D eigenvalue weighted by atomic mass is 16.5. The molecule has 3 heteroatoms. The minimum Gasteiger partial charge on any atom is -0.382 e. The zero-order valence-corrected chi connectivity index (χ0v) is 8.53. The van der Waals surface area contributed by atoms with Gasteiger partial charge in [-0.2, -0.15) is 0 Å². The lowest BCUT2D eigenvalue weighted by atomic mass is 10.1. The molecule has 14 heavy (non-hydrogen) atoms. The Balaban J connectivity index is 2.41. The average Bonchev–Trinajstić information content (AvgIpc) is 2.25. The van der Waals surface area contributed by atoms with Crippen LogP contribution in [0.5, 0.6) is 0 Å². The molecule has 3 nitrogen and oxygen atoms in total. The summed E-state index contributed by atoms with van der Waals surface area (Å²) in [5.41, 5.74) is 7.90. The first-order valence-electron chi connectivity index (χ1n) is 4.72. The van der Waals surface area contributed by atoms with E-state index in [-0.39, 0.29) is 0 Å². The van der Waals surface area contributed by atoms with E-state index in [4.69, 9.17) is 15.2 Å². The van der Waals surface area contributed by atoms with Gasteiger partial charge in [0.25, 0.3) is 0 Å². The Kier molecular flexibility index (Phi) is 5.22. The number of hydrogen-bond donors (Lipinski definition) is 1. The average molecular weight is 195 g/mol. The molecule has 0 bridgehead atoms. The van der Waals surface area contributed by atoms with Crippen molar-refractivity contribution in [3.63, 3.8) is 0 Å². The molecule has 1 rings (SSSR count). The maximum atomic E-state index is 5.60. The van der Waals surface area contributed by atoms with Crippen LogP contribution in [0.2, 0.25) is 0 Å². The summed E-state index contributed by atoms with van der Waals surface area (Å²) < 4.78 is 10.3. The third-order valence-electron chi connectivity index (χ3n) is 2.03. The number of rotatable bonds is 6. The van der Waals surface area contributed by atoms with Gasteiger partial charge in [0.15, 0.2) is 0 Å². The minimum absolute atomic E-state index is 0.559. The molecule has 0 amide bonds. The highest BCUT2D eigenvalue weighted by Gasteiger charge is 1.98. The Bertz CT molecular complexity index is 263. The summed E-state index contributed by atoms with van der Waals surface area (Å²) >= 11 is 0. The summed E-state index contributed by atoms with van der Waals surface area (Å²) in [7, 11) is 1.66. The van der Waals surface area contributed by atoms with Gasteiger partial charge in [-0.05, 0) is 11.1 Å². The van der Waals surface area contributed by atoms with Crippen LogP contribution >= 0.6 is 0 Å². The van der Waals surface area contributed by atoms with E-state index in [0.29, 0.717) is 26.4 Å². The molecule has 78 valence electrons.